The molecule has 1 aliphatic heterocycles. The van der Waals surface area contributed by atoms with Crippen molar-refractivity contribution in [3.05, 3.63) is 35.4 Å². The molecule has 0 N–H and O–H groups in total. The molecule has 1 heterocycles. The molecule has 0 unspecified atom stereocenters. The number of alkyl halides is 1. The van der Waals surface area contributed by atoms with Gasteiger partial charge in [-0.3, -0.25) is 19.3 Å². The van der Waals surface area contributed by atoms with Crippen LogP contribution in [0.15, 0.2) is 24.3 Å². The Bertz CT molecular complexity index is 492. The first kappa shape index (κ1) is 13.4. The highest BCUT2D eigenvalue weighted by atomic mass is 19.1. The number of amides is 2. The van der Waals surface area contributed by atoms with Crippen LogP contribution in [-0.4, -0.2) is 35.7 Å². The molecule has 1 aromatic rings. The van der Waals surface area contributed by atoms with Crippen LogP contribution in [0.3, 0.4) is 0 Å². The van der Waals surface area contributed by atoms with Crippen molar-refractivity contribution >= 4 is 17.6 Å². The quantitative estimate of drug-likeness (QED) is 0.582. The Morgan fingerprint density at radius 3 is 2.16 bits per heavy atom. The number of benzene rings is 1. The molecule has 1 aromatic carbocycles. The van der Waals surface area contributed by atoms with Crippen LogP contribution in [0.1, 0.15) is 40.0 Å². The SMILES string of the molecule is O=C(CF)CCCCN1C(=O)c2ccccc2C1=O. The Hall–Kier alpha value is -2.04. The molecule has 0 atom stereocenters. The molecule has 100 valence electrons. The molecule has 0 aliphatic carbocycles. The average molecular weight is 263 g/mol. The van der Waals surface area contributed by atoms with Crippen LogP contribution in [-0.2, 0) is 4.79 Å². The summed E-state index contributed by atoms with van der Waals surface area (Å²) in [6.07, 6.45) is 1.15. The predicted octanol–water partition coefficient (Wildman–Crippen LogP) is 1.99. The van der Waals surface area contributed by atoms with Crippen molar-refractivity contribution in [2.24, 2.45) is 0 Å². The lowest BCUT2D eigenvalue weighted by Gasteiger charge is -2.12. The van der Waals surface area contributed by atoms with Gasteiger partial charge in [0.15, 0.2) is 5.78 Å². The van der Waals surface area contributed by atoms with Gasteiger partial charge in [0.05, 0.1) is 11.1 Å². The molecule has 0 saturated heterocycles. The second-order valence-corrected chi connectivity index (χ2v) is 4.44. The van der Waals surface area contributed by atoms with E-state index in [0.717, 1.165) is 0 Å². The van der Waals surface area contributed by atoms with Crippen LogP contribution in [0.5, 0.6) is 0 Å². The van der Waals surface area contributed by atoms with Crippen molar-refractivity contribution < 1.29 is 18.8 Å². The number of imide groups is 1. The van der Waals surface area contributed by atoms with E-state index in [0.29, 0.717) is 24.0 Å². The Morgan fingerprint density at radius 2 is 1.63 bits per heavy atom. The third-order valence-corrected chi connectivity index (χ3v) is 3.11. The fourth-order valence-corrected chi connectivity index (χ4v) is 2.10. The van der Waals surface area contributed by atoms with E-state index in [-0.39, 0.29) is 24.8 Å². The number of ketones is 1. The van der Waals surface area contributed by atoms with Gasteiger partial charge in [-0.2, -0.15) is 0 Å². The minimum atomic E-state index is -0.951. The molecular formula is C14H14FNO3. The summed E-state index contributed by atoms with van der Waals surface area (Å²) in [6, 6.07) is 6.69. The van der Waals surface area contributed by atoms with Gasteiger partial charge in [0.25, 0.3) is 11.8 Å². The van der Waals surface area contributed by atoms with Crippen molar-refractivity contribution in [2.45, 2.75) is 19.3 Å². The highest BCUT2D eigenvalue weighted by molar-refractivity contribution is 6.21. The highest BCUT2D eigenvalue weighted by Crippen LogP contribution is 2.22. The molecule has 1 aliphatic rings. The van der Waals surface area contributed by atoms with Crippen molar-refractivity contribution in [3.8, 4) is 0 Å². The van der Waals surface area contributed by atoms with Crippen LogP contribution in [0.4, 0.5) is 4.39 Å². The summed E-state index contributed by atoms with van der Waals surface area (Å²) >= 11 is 0. The summed E-state index contributed by atoms with van der Waals surface area (Å²) in [7, 11) is 0. The molecule has 0 aromatic heterocycles. The summed E-state index contributed by atoms with van der Waals surface area (Å²) in [5, 5.41) is 0. The first-order valence-corrected chi connectivity index (χ1v) is 6.18. The van der Waals surface area contributed by atoms with E-state index in [1.54, 1.807) is 24.3 Å². The van der Waals surface area contributed by atoms with Gasteiger partial charge in [0.1, 0.15) is 6.67 Å². The Morgan fingerprint density at radius 1 is 1.05 bits per heavy atom. The summed E-state index contributed by atoms with van der Waals surface area (Å²) in [5.74, 6) is -1.03. The van der Waals surface area contributed by atoms with E-state index in [2.05, 4.69) is 0 Å². The number of rotatable bonds is 6. The van der Waals surface area contributed by atoms with Crippen molar-refractivity contribution in [1.29, 1.82) is 0 Å². The number of halogens is 1. The largest absolute Gasteiger partial charge is 0.297 e. The molecule has 0 fully saturated rings. The van der Waals surface area contributed by atoms with Gasteiger partial charge in [0.2, 0.25) is 0 Å². The summed E-state index contributed by atoms with van der Waals surface area (Å²) in [6.45, 7) is -0.682. The second kappa shape index (κ2) is 5.73. The standard InChI is InChI=1S/C14H14FNO3/c15-9-10(17)5-3-4-8-16-13(18)11-6-1-2-7-12(11)14(16)19/h1-2,6-7H,3-5,8-9H2. The number of fused-ring (bicyclic) bond motifs is 1. The minimum absolute atomic E-state index is 0.152. The third kappa shape index (κ3) is 2.70. The fourth-order valence-electron chi connectivity index (χ4n) is 2.10. The first-order chi connectivity index (χ1) is 9.15. The molecule has 2 amide bonds. The lowest BCUT2D eigenvalue weighted by Crippen LogP contribution is -2.30. The van der Waals surface area contributed by atoms with Crippen LogP contribution in [0.2, 0.25) is 0 Å². The van der Waals surface area contributed by atoms with Crippen LogP contribution in [0.25, 0.3) is 0 Å². The van der Waals surface area contributed by atoms with E-state index in [9.17, 15) is 18.8 Å². The average Bonchev–Trinajstić information content (AvgIpc) is 2.68. The number of Topliss-reactive ketones (excluding diaryl/α,β-unsaturated/α-hetero) is 1. The van der Waals surface area contributed by atoms with Gasteiger partial charge >= 0.3 is 0 Å². The molecular weight excluding hydrogens is 249 g/mol. The van der Waals surface area contributed by atoms with Gasteiger partial charge in [-0.1, -0.05) is 12.1 Å². The maximum absolute atomic E-state index is 12.0. The second-order valence-electron chi connectivity index (χ2n) is 4.44. The van der Waals surface area contributed by atoms with Gasteiger partial charge in [-0.15, -0.1) is 0 Å². The minimum Gasteiger partial charge on any atom is -0.297 e. The Kier molecular flexibility index (Phi) is 4.04. The van der Waals surface area contributed by atoms with E-state index in [1.807, 2.05) is 0 Å². The predicted molar refractivity (Wildman–Crippen MR) is 66.6 cm³/mol. The lowest BCUT2D eigenvalue weighted by molar-refractivity contribution is -0.120. The van der Waals surface area contributed by atoms with Gasteiger partial charge in [-0.25, -0.2) is 4.39 Å². The van der Waals surface area contributed by atoms with E-state index in [1.165, 1.54) is 4.90 Å². The normalized spacial score (nSPS) is 13.8. The first-order valence-electron chi connectivity index (χ1n) is 6.18. The van der Waals surface area contributed by atoms with E-state index < -0.39 is 12.5 Å². The number of carbonyl (C=O) groups is 3. The van der Waals surface area contributed by atoms with Crippen molar-refractivity contribution in [2.75, 3.05) is 13.2 Å². The van der Waals surface area contributed by atoms with Crippen molar-refractivity contribution in [3.63, 3.8) is 0 Å². The number of nitrogens with zero attached hydrogens (tertiary/aromatic N) is 1. The van der Waals surface area contributed by atoms with Crippen LogP contribution in [0, 0.1) is 0 Å². The number of hydrogen-bond donors (Lipinski definition) is 0. The summed E-state index contributed by atoms with van der Waals surface area (Å²) < 4.78 is 11.9. The number of unbranched alkanes of at least 4 members (excludes halogenated alkanes) is 1. The molecule has 5 heteroatoms. The molecule has 0 radical (unpaired) electrons. The zero-order chi connectivity index (χ0) is 13.8. The van der Waals surface area contributed by atoms with Crippen molar-refractivity contribution in [1.82, 2.24) is 4.90 Å². The molecule has 0 bridgehead atoms. The zero-order valence-electron chi connectivity index (χ0n) is 10.4. The maximum Gasteiger partial charge on any atom is 0.261 e. The van der Waals surface area contributed by atoms with E-state index >= 15 is 0 Å². The highest BCUT2D eigenvalue weighted by Gasteiger charge is 2.34. The summed E-state index contributed by atoms with van der Waals surface area (Å²) in [4.78, 5) is 35.9. The van der Waals surface area contributed by atoms with Crippen LogP contribution < -0.4 is 0 Å². The molecule has 19 heavy (non-hydrogen) atoms. The number of carbonyl (C=O) groups excluding carboxylic acids is 3. The monoisotopic (exact) mass is 263 g/mol. The molecule has 0 spiro atoms. The smallest absolute Gasteiger partial charge is 0.261 e. The molecule has 2 rings (SSSR count). The van der Waals surface area contributed by atoms with Gasteiger partial charge in [0, 0.05) is 13.0 Å². The zero-order valence-corrected chi connectivity index (χ0v) is 10.4. The fraction of sp³-hybridized carbons (Fsp3) is 0.357. The summed E-state index contributed by atoms with van der Waals surface area (Å²) in [5.41, 5.74) is 0.847. The maximum atomic E-state index is 12.0. The Balaban J connectivity index is 1.92. The van der Waals surface area contributed by atoms with E-state index in [4.69, 9.17) is 0 Å². The third-order valence-electron chi connectivity index (χ3n) is 3.11. The van der Waals surface area contributed by atoms with Gasteiger partial charge in [-0.05, 0) is 25.0 Å². The topological polar surface area (TPSA) is 54.5 Å². The van der Waals surface area contributed by atoms with Crippen LogP contribution >= 0.6 is 0 Å². The Labute approximate surface area is 110 Å². The molecule has 4 nitrogen and oxygen atoms in total. The lowest BCUT2D eigenvalue weighted by atomic mass is 10.1. The molecule has 0 saturated carbocycles. The number of hydrogen-bond acceptors (Lipinski definition) is 3. The van der Waals surface area contributed by atoms with Gasteiger partial charge < -0.3 is 0 Å².